The summed E-state index contributed by atoms with van der Waals surface area (Å²) in [5.41, 5.74) is 4.30. The molecule has 1 aliphatic rings. The van der Waals surface area contributed by atoms with E-state index in [9.17, 15) is 5.11 Å². The number of hydrogen-bond donors (Lipinski definition) is 1. The van der Waals surface area contributed by atoms with Crippen molar-refractivity contribution < 1.29 is 5.11 Å². The summed E-state index contributed by atoms with van der Waals surface area (Å²) in [6, 6.07) is 6.57. The number of aliphatic hydroxyl groups excluding tert-OH is 1. The normalized spacial score (nSPS) is 20.5. The van der Waals surface area contributed by atoms with Crippen molar-refractivity contribution >= 4 is 0 Å². The topological polar surface area (TPSA) is 20.2 Å². The molecule has 1 nitrogen and oxygen atoms in total. The fourth-order valence-electron chi connectivity index (χ4n) is 2.88. The van der Waals surface area contributed by atoms with Gasteiger partial charge in [0.2, 0.25) is 0 Å². The molecule has 0 atom stereocenters. The highest BCUT2D eigenvalue weighted by Gasteiger charge is 2.27. The van der Waals surface area contributed by atoms with E-state index in [1.54, 1.807) is 0 Å². The van der Waals surface area contributed by atoms with Crippen molar-refractivity contribution in [3.63, 3.8) is 0 Å². The summed E-state index contributed by atoms with van der Waals surface area (Å²) >= 11 is 0. The zero-order chi connectivity index (χ0) is 12.5. The Morgan fingerprint density at radius 2 is 1.88 bits per heavy atom. The summed E-state index contributed by atoms with van der Waals surface area (Å²) in [6.07, 6.45) is 5.28. The summed E-state index contributed by atoms with van der Waals surface area (Å²) in [4.78, 5) is 0. The van der Waals surface area contributed by atoms with Crippen LogP contribution in [-0.4, -0.2) is 5.11 Å². The molecule has 1 heteroatoms. The smallest absolute Gasteiger partial charge is 0.0684 e. The molecule has 0 heterocycles. The Morgan fingerprint density at radius 1 is 1.24 bits per heavy atom. The van der Waals surface area contributed by atoms with Crippen molar-refractivity contribution in [3.05, 3.63) is 34.9 Å². The third kappa shape index (κ3) is 2.90. The maximum absolute atomic E-state index is 9.19. The molecule has 0 saturated heterocycles. The summed E-state index contributed by atoms with van der Waals surface area (Å²) in [5.74, 6) is 0.731. The van der Waals surface area contributed by atoms with Gasteiger partial charge in [-0.2, -0.15) is 0 Å². The predicted molar refractivity (Wildman–Crippen MR) is 72.1 cm³/mol. The highest BCUT2D eigenvalue weighted by Crippen LogP contribution is 2.42. The summed E-state index contributed by atoms with van der Waals surface area (Å²) in [7, 11) is 0. The van der Waals surface area contributed by atoms with E-state index in [-0.39, 0.29) is 6.61 Å². The van der Waals surface area contributed by atoms with Gasteiger partial charge in [0.05, 0.1) is 6.61 Å². The fourth-order valence-corrected chi connectivity index (χ4v) is 2.88. The lowest BCUT2D eigenvalue weighted by molar-refractivity contribution is 0.224. The van der Waals surface area contributed by atoms with Crippen LogP contribution in [0, 0.1) is 12.3 Å². The van der Waals surface area contributed by atoms with Crippen LogP contribution in [-0.2, 0) is 6.61 Å². The number of rotatable bonds is 2. The van der Waals surface area contributed by atoms with Crippen LogP contribution in [0.2, 0.25) is 0 Å². The van der Waals surface area contributed by atoms with E-state index in [0.29, 0.717) is 5.41 Å². The lowest BCUT2D eigenvalue weighted by atomic mass is 9.71. The predicted octanol–water partition coefficient (Wildman–Crippen LogP) is 4.17. The van der Waals surface area contributed by atoms with Gasteiger partial charge in [0, 0.05) is 0 Å². The molecule has 0 amide bonds. The molecule has 0 aromatic heterocycles. The Morgan fingerprint density at radius 3 is 2.41 bits per heavy atom. The standard InChI is InChI=1S/C16H24O/c1-12-10-14(4-5-15(12)11-17)13-6-8-16(2,3)9-7-13/h4-5,10,13,17H,6-9,11H2,1-3H3. The van der Waals surface area contributed by atoms with Gasteiger partial charge in [0.25, 0.3) is 0 Å². The minimum atomic E-state index is 0.157. The lowest BCUT2D eigenvalue weighted by Gasteiger charge is -2.34. The number of benzene rings is 1. The molecular formula is C16H24O. The van der Waals surface area contributed by atoms with Gasteiger partial charge in [-0.05, 0) is 60.6 Å². The maximum Gasteiger partial charge on any atom is 0.0684 e. The summed E-state index contributed by atoms with van der Waals surface area (Å²) in [5, 5.41) is 9.19. The first kappa shape index (κ1) is 12.6. The first-order valence-electron chi connectivity index (χ1n) is 6.72. The Kier molecular flexibility index (Phi) is 3.58. The summed E-state index contributed by atoms with van der Waals surface area (Å²) in [6.45, 7) is 7.01. The molecule has 0 bridgehead atoms. The Bertz CT molecular complexity index is 383. The molecule has 1 N–H and O–H groups in total. The van der Waals surface area contributed by atoms with Crippen molar-refractivity contribution in [2.45, 2.75) is 59.0 Å². The average Bonchev–Trinajstić information content (AvgIpc) is 2.29. The largest absolute Gasteiger partial charge is 0.392 e. The molecule has 0 aliphatic heterocycles. The zero-order valence-corrected chi connectivity index (χ0v) is 11.3. The van der Waals surface area contributed by atoms with E-state index in [1.165, 1.54) is 36.8 Å². The molecule has 1 aliphatic carbocycles. The third-order valence-electron chi connectivity index (χ3n) is 4.35. The summed E-state index contributed by atoms with van der Waals surface area (Å²) < 4.78 is 0. The van der Waals surface area contributed by atoms with Gasteiger partial charge in [-0.3, -0.25) is 0 Å². The van der Waals surface area contributed by atoms with E-state index in [2.05, 4.69) is 39.0 Å². The quantitative estimate of drug-likeness (QED) is 0.811. The number of hydrogen-bond acceptors (Lipinski definition) is 1. The maximum atomic E-state index is 9.19. The third-order valence-corrected chi connectivity index (χ3v) is 4.35. The Balaban J connectivity index is 2.11. The van der Waals surface area contributed by atoms with Crippen LogP contribution in [0.3, 0.4) is 0 Å². The van der Waals surface area contributed by atoms with Crippen molar-refractivity contribution in [2.75, 3.05) is 0 Å². The molecule has 0 spiro atoms. The van der Waals surface area contributed by atoms with Crippen LogP contribution < -0.4 is 0 Å². The minimum Gasteiger partial charge on any atom is -0.392 e. The Labute approximate surface area is 105 Å². The van der Waals surface area contributed by atoms with Crippen LogP contribution in [0.25, 0.3) is 0 Å². The number of aliphatic hydroxyl groups is 1. The molecule has 1 aromatic carbocycles. The van der Waals surface area contributed by atoms with Gasteiger partial charge in [-0.1, -0.05) is 32.0 Å². The van der Waals surface area contributed by atoms with Crippen molar-refractivity contribution in [2.24, 2.45) is 5.41 Å². The number of aryl methyl sites for hydroxylation is 1. The van der Waals surface area contributed by atoms with E-state index in [4.69, 9.17) is 0 Å². The van der Waals surface area contributed by atoms with Gasteiger partial charge in [0.15, 0.2) is 0 Å². The van der Waals surface area contributed by atoms with E-state index in [1.807, 2.05) is 0 Å². The van der Waals surface area contributed by atoms with Crippen LogP contribution in [0.4, 0.5) is 0 Å². The van der Waals surface area contributed by atoms with Crippen molar-refractivity contribution in [1.29, 1.82) is 0 Å². The zero-order valence-electron chi connectivity index (χ0n) is 11.3. The lowest BCUT2D eigenvalue weighted by Crippen LogP contribution is -2.20. The van der Waals surface area contributed by atoms with Gasteiger partial charge < -0.3 is 5.11 Å². The van der Waals surface area contributed by atoms with Gasteiger partial charge >= 0.3 is 0 Å². The molecule has 0 unspecified atom stereocenters. The van der Waals surface area contributed by atoms with Crippen LogP contribution in [0.1, 0.15) is 62.1 Å². The molecule has 1 fully saturated rings. The minimum absolute atomic E-state index is 0.157. The molecule has 17 heavy (non-hydrogen) atoms. The van der Waals surface area contributed by atoms with Crippen molar-refractivity contribution in [1.82, 2.24) is 0 Å². The Hall–Kier alpha value is -0.820. The van der Waals surface area contributed by atoms with Gasteiger partial charge in [-0.25, -0.2) is 0 Å². The van der Waals surface area contributed by atoms with Crippen LogP contribution >= 0.6 is 0 Å². The SMILES string of the molecule is Cc1cc(C2CCC(C)(C)CC2)ccc1CO. The van der Waals surface area contributed by atoms with Crippen LogP contribution in [0.15, 0.2) is 18.2 Å². The highest BCUT2D eigenvalue weighted by molar-refractivity contribution is 5.32. The molecule has 2 rings (SSSR count). The van der Waals surface area contributed by atoms with Crippen LogP contribution in [0.5, 0.6) is 0 Å². The second-order valence-electron chi connectivity index (χ2n) is 6.28. The molecule has 1 aromatic rings. The molecule has 0 radical (unpaired) electrons. The fraction of sp³-hybridized carbons (Fsp3) is 0.625. The van der Waals surface area contributed by atoms with E-state index >= 15 is 0 Å². The van der Waals surface area contributed by atoms with Gasteiger partial charge in [-0.15, -0.1) is 0 Å². The van der Waals surface area contributed by atoms with Gasteiger partial charge in [0.1, 0.15) is 0 Å². The first-order chi connectivity index (χ1) is 8.02. The second kappa shape index (κ2) is 4.81. The molecule has 1 saturated carbocycles. The molecule has 94 valence electrons. The van der Waals surface area contributed by atoms with E-state index in [0.717, 1.165) is 11.5 Å². The molecular weight excluding hydrogens is 208 g/mol. The first-order valence-corrected chi connectivity index (χ1v) is 6.72. The van der Waals surface area contributed by atoms with E-state index < -0.39 is 0 Å². The highest BCUT2D eigenvalue weighted by atomic mass is 16.3. The second-order valence-corrected chi connectivity index (χ2v) is 6.28. The average molecular weight is 232 g/mol. The van der Waals surface area contributed by atoms with Crippen molar-refractivity contribution in [3.8, 4) is 0 Å². The monoisotopic (exact) mass is 232 g/mol.